The van der Waals surface area contributed by atoms with E-state index in [1.165, 1.54) is 0 Å². The first-order valence-electron chi connectivity index (χ1n) is 6.07. The number of nitrogens with one attached hydrogen (secondary N) is 1. The Morgan fingerprint density at radius 3 is 2.38 bits per heavy atom. The minimum Gasteiger partial charge on any atom is -0.355 e. The van der Waals surface area contributed by atoms with E-state index in [9.17, 15) is 4.79 Å². The van der Waals surface area contributed by atoms with Gasteiger partial charge >= 0.3 is 0 Å². The van der Waals surface area contributed by atoms with Crippen molar-refractivity contribution in [3.05, 3.63) is 0 Å². The number of carbonyl (C=O) groups is 1. The topological polar surface area (TPSA) is 55.1 Å². The lowest BCUT2D eigenvalue weighted by Crippen LogP contribution is -2.39. The maximum absolute atomic E-state index is 11.6. The highest BCUT2D eigenvalue weighted by Crippen LogP contribution is 2.29. The Bertz CT molecular complexity index is 195. The first-order chi connectivity index (χ1) is 7.49. The van der Waals surface area contributed by atoms with E-state index in [1.807, 2.05) is 18.7 Å². The number of hydrogen-bond donors (Lipinski definition) is 2. The van der Waals surface area contributed by atoms with Gasteiger partial charge in [0.05, 0.1) is 0 Å². The smallest absolute Gasteiger partial charge is 0.220 e. The van der Waals surface area contributed by atoms with Crippen LogP contribution in [0.15, 0.2) is 0 Å². The number of hydrogen-bond acceptors (Lipinski definition) is 3. The molecule has 0 rings (SSSR count). The summed E-state index contributed by atoms with van der Waals surface area (Å²) in [5.41, 5.74) is 5.62. The van der Waals surface area contributed by atoms with E-state index < -0.39 is 0 Å². The Labute approximate surface area is 104 Å². The molecule has 0 aliphatic heterocycles. The summed E-state index contributed by atoms with van der Waals surface area (Å²) in [5, 5.41) is 3.02. The predicted molar refractivity (Wildman–Crippen MR) is 72.7 cm³/mol. The van der Waals surface area contributed by atoms with Gasteiger partial charge in [0.2, 0.25) is 5.91 Å². The Hall–Kier alpha value is -0.220. The molecule has 1 atom stereocenters. The molecule has 3 nitrogen and oxygen atoms in total. The van der Waals surface area contributed by atoms with E-state index >= 15 is 0 Å². The molecule has 0 aromatic rings. The quantitative estimate of drug-likeness (QED) is 0.690. The molecule has 0 fully saturated rings. The highest BCUT2D eigenvalue weighted by atomic mass is 32.2. The molecule has 0 radical (unpaired) electrons. The van der Waals surface area contributed by atoms with Gasteiger partial charge in [-0.1, -0.05) is 13.8 Å². The summed E-state index contributed by atoms with van der Waals surface area (Å²) in [7, 11) is 0. The summed E-state index contributed by atoms with van der Waals surface area (Å²) >= 11 is 1.84. The molecule has 0 spiro atoms. The molecule has 0 heterocycles. The van der Waals surface area contributed by atoms with Crippen molar-refractivity contribution < 1.29 is 4.79 Å². The van der Waals surface area contributed by atoms with Crippen LogP contribution in [-0.4, -0.2) is 29.5 Å². The van der Waals surface area contributed by atoms with Crippen molar-refractivity contribution in [1.82, 2.24) is 5.32 Å². The fraction of sp³-hybridized carbons (Fsp3) is 0.917. The van der Waals surface area contributed by atoms with Gasteiger partial charge in [-0.25, -0.2) is 0 Å². The van der Waals surface area contributed by atoms with Crippen LogP contribution in [0, 0.1) is 0 Å². The Morgan fingerprint density at radius 2 is 2.00 bits per heavy atom. The highest BCUT2D eigenvalue weighted by molar-refractivity contribution is 8.00. The summed E-state index contributed by atoms with van der Waals surface area (Å²) in [4.78, 5) is 11.6. The van der Waals surface area contributed by atoms with E-state index in [-0.39, 0.29) is 16.7 Å². The zero-order chi connectivity index (χ0) is 12.6. The highest BCUT2D eigenvalue weighted by Gasteiger charge is 2.25. The molecule has 0 aromatic carbocycles. The van der Waals surface area contributed by atoms with Crippen LogP contribution < -0.4 is 11.1 Å². The minimum absolute atomic E-state index is 0.105. The average Bonchev–Trinajstić information content (AvgIpc) is 2.29. The first-order valence-corrected chi connectivity index (χ1v) is 7.29. The third kappa shape index (κ3) is 5.75. The third-order valence-corrected chi connectivity index (χ3v) is 4.74. The van der Waals surface area contributed by atoms with Crippen molar-refractivity contribution in [2.24, 2.45) is 5.73 Å². The van der Waals surface area contributed by atoms with Crippen LogP contribution >= 0.6 is 11.8 Å². The largest absolute Gasteiger partial charge is 0.355 e. The summed E-state index contributed by atoms with van der Waals surface area (Å²) < 4.78 is 0.198. The molecule has 0 aliphatic carbocycles. The van der Waals surface area contributed by atoms with Crippen molar-refractivity contribution in [3.8, 4) is 0 Å². The van der Waals surface area contributed by atoms with E-state index in [2.05, 4.69) is 25.4 Å². The van der Waals surface area contributed by atoms with Gasteiger partial charge in [0.1, 0.15) is 0 Å². The molecule has 0 saturated carbocycles. The van der Waals surface area contributed by atoms with Crippen molar-refractivity contribution >= 4 is 17.7 Å². The van der Waals surface area contributed by atoms with Crippen molar-refractivity contribution in [3.63, 3.8) is 0 Å². The van der Waals surface area contributed by atoms with Crippen LogP contribution in [0.1, 0.15) is 46.5 Å². The second-order valence-corrected chi connectivity index (χ2v) is 5.66. The number of carbonyl (C=O) groups excluding carboxylic acids is 1. The van der Waals surface area contributed by atoms with Crippen LogP contribution in [0.25, 0.3) is 0 Å². The summed E-state index contributed by atoms with van der Waals surface area (Å²) in [6.45, 7) is 7.04. The Balaban J connectivity index is 3.97. The van der Waals surface area contributed by atoms with Gasteiger partial charge in [-0.15, -0.1) is 0 Å². The SMILES string of the molecule is CCC(CC)(CNC(=O)CCC(C)N)SC. The molecule has 0 saturated heterocycles. The average molecular weight is 246 g/mol. The van der Waals surface area contributed by atoms with Crippen LogP contribution in [0.3, 0.4) is 0 Å². The monoisotopic (exact) mass is 246 g/mol. The molecule has 1 unspecified atom stereocenters. The molecule has 96 valence electrons. The lowest BCUT2D eigenvalue weighted by Gasteiger charge is -2.29. The molecule has 0 aliphatic rings. The van der Waals surface area contributed by atoms with Gasteiger partial charge in [0.15, 0.2) is 0 Å². The number of thioether (sulfide) groups is 1. The molecule has 4 heteroatoms. The van der Waals surface area contributed by atoms with Crippen LogP contribution in [0.5, 0.6) is 0 Å². The lowest BCUT2D eigenvalue weighted by molar-refractivity contribution is -0.121. The molecule has 0 bridgehead atoms. The normalized spacial score (nSPS) is 13.6. The molecule has 1 amide bonds. The van der Waals surface area contributed by atoms with Gasteiger partial charge in [-0.05, 0) is 32.4 Å². The maximum atomic E-state index is 11.6. The summed E-state index contributed by atoms with van der Waals surface area (Å²) in [6.07, 6.45) is 5.57. The zero-order valence-corrected chi connectivity index (χ0v) is 11.8. The van der Waals surface area contributed by atoms with Gasteiger partial charge < -0.3 is 11.1 Å². The van der Waals surface area contributed by atoms with Gasteiger partial charge in [-0.2, -0.15) is 11.8 Å². The van der Waals surface area contributed by atoms with E-state index in [0.29, 0.717) is 6.42 Å². The second kappa shape index (κ2) is 7.96. The third-order valence-electron chi connectivity index (χ3n) is 3.16. The minimum atomic E-state index is 0.105. The first kappa shape index (κ1) is 15.8. The fourth-order valence-corrected chi connectivity index (χ4v) is 2.36. The van der Waals surface area contributed by atoms with E-state index in [0.717, 1.165) is 25.8 Å². The number of nitrogens with two attached hydrogens (primary N) is 1. The zero-order valence-electron chi connectivity index (χ0n) is 11.0. The Kier molecular flexibility index (Phi) is 7.85. The van der Waals surface area contributed by atoms with Gasteiger partial charge in [0.25, 0.3) is 0 Å². The van der Waals surface area contributed by atoms with Crippen molar-refractivity contribution in [2.75, 3.05) is 12.8 Å². The summed E-state index contributed by atoms with van der Waals surface area (Å²) in [5.74, 6) is 0.123. The van der Waals surface area contributed by atoms with E-state index in [1.54, 1.807) is 0 Å². The van der Waals surface area contributed by atoms with Gasteiger partial charge in [0, 0.05) is 23.8 Å². The van der Waals surface area contributed by atoms with Crippen molar-refractivity contribution in [1.29, 1.82) is 0 Å². The van der Waals surface area contributed by atoms with Crippen LogP contribution in [-0.2, 0) is 4.79 Å². The second-order valence-electron chi connectivity index (χ2n) is 4.39. The number of amides is 1. The number of rotatable bonds is 8. The molecular weight excluding hydrogens is 220 g/mol. The predicted octanol–water partition coefficient (Wildman–Crippen LogP) is 2.15. The van der Waals surface area contributed by atoms with Crippen molar-refractivity contribution in [2.45, 2.75) is 57.2 Å². The summed E-state index contributed by atoms with van der Waals surface area (Å²) in [6, 6.07) is 0.105. The van der Waals surface area contributed by atoms with Crippen LogP contribution in [0.2, 0.25) is 0 Å². The molecule has 3 N–H and O–H groups in total. The van der Waals surface area contributed by atoms with Crippen LogP contribution in [0.4, 0.5) is 0 Å². The van der Waals surface area contributed by atoms with Gasteiger partial charge in [-0.3, -0.25) is 4.79 Å². The molecule has 16 heavy (non-hydrogen) atoms. The Morgan fingerprint density at radius 1 is 1.44 bits per heavy atom. The van der Waals surface area contributed by atoms with E-state index in [4.69, 9.17) is 5.73 Å². The molecular formula is C12H26N2OS. The molecule has 0 aromatic heterocycles. The lowest BCUT2D eigenvalue weighted by atomic mass is 10.0. The fourth-order valence-electron chi connectivity index (χ4n) is 1.57. The standard InChI is InChI=1S/C12H26N2OS/c1-5-12(6-2,16-4)9-14-11(15)8-7-10(3)13/h10H,5-9,13H2,1-4H3,(H,14,15). The maximum Gasteiger partial charge on any atom is 0.220 e.